The van der Waals surface area contributed by atoms with Crippen LogP contribution in [-0.4, -0.2) is 68.5 Å². The zero-order chi connectivity index (χ0) is 36.5. The number of fused-ring (bicyclic) bond motifs is 20. The van der Waals surface area contributed by atoms with Gasteiger partial charge in [0.15, 0.2) is 0 Å². The second-order valence-corrected chi connectivity index (χ2v) is 14.2. The van der Waals surface area contributed by atoms with E-state index in [1.807, 2.05) is 24.3 Å². The predicted molar refractivity (Wildman–Crippen MR) is 178 cm³/mol. The summed E-state index contributed by atoms with van der Waals surface area (Å²) in [5.74, 6) is 0.625. The summed E-state index contributed by atoms with van der Waals surface area (Å²) < 4.78 is 97.3. The van der Waals surface area contributed by atoms with Gasteiger partial charge in [-0.1, -0.05) is 36.4 Å². The molecule has 56 heavy (non-hydrogen) atoms. The number of hydrogen-bond acceptors (Lipinski definition) is 15. The average Bonchev–Trinajstić information content (AvgIpc) is 3.82. The zero-order valence-electron chi connectivity index (χ0n) is 28.8. The van der Waals surface area contributed by atoms with E-state index in [4.69, 9.17) is 37.5 Å². The van der Waals surface area contributed by atoms with Crippen LogP contribution >= 0.6 is 0 Å². The van der Waals surface area contributed by atoms with E-state index in [1.165, 1.54) is 12.1 Å². The van der Waals surface area contributed by atoms with Crippen LogP contribution in [0.2, 0.25) is 0 Å². The van der Waals surface area contributed by atoms with Crippen molar-refractivity contribution in [1.29, 1.82) is 0 Å². The van der Waals surface area contributed by atoms with Crippen molar-refractivity contribution < 1.29 is 144 Å². The Morgan fingerprint density at radius 3 is 1.45 bits per heavy atom. The molecule has 0 fully saturated rings. The maximum absolute atomic E-state index is 12.0. The van der Waals surface area contributed by atoms with Crippen molar-refractivity contribution in [1.82, 2.24) is 39.9 Å². The molecule has 267 valence electrons. The molecule has 0 atom stereocenters. The topological polar surface area (TPSA) is 271 Å². The normalized spacial score (nSPS) is 11.3. The summed E-state index contributed by atoms with van der Waals surface area (Å²) in [6.45, 7) is 0. The van der Waals surface area contributed by atoms with Crippen LogP contribution in [0.1, 0.15) is 0 Å². The molecule has 0 unspecified atom stereocenters. The fraction of sp³-hybridized carbons (Fsp3) is 0. The SMILES string of the molecule is O=S(=O)([O-])c1ccc2c(c1)-c1nc-2nc2[n-]c(nc3nc(nc4[n-]c(n1)c1cc(S(=O)(=O)[O-])ccc41)-c1ccccc1-3)c1c[c-]ccc21.O=S(=O)=O.[Cu+2].[Na+].[Na+].[Na+]. The molecule has 1 radical (unpaired) electrons. The predicted octanol–water partition coefficient (Wildman–Crippen LogP) is -6.26. The molecule has 24 heteroatoms. The second kappa shape index (κ2) is 17.6. The van der Waals surface area contributed by atoms with Gasteiger partial charge in [-0.2, -0.15) is 24.3 Å². The van der Waals surface area contributed by atoms with Crippen molar-refractivity contribution in [3.63, 3.8) is 0 Å². The second-order valence-electron chi connectivity index (χ2n) is 11.0. The van der Waals surface area contributed by atoms with E-state index >= 15 is 0 Å². The minimum absolute atomic E-state index is 0. The molecular weight excluding hydrogens is 869 g/mol. The molecule has 0 spiro atoms. The average molecular weight is 882 g/mol. The number of nitrogens with zero attached hydrogens (tertiary/aromatic N) is 8. The van der Waals surface area contributed by atoms with Gasteiger partial charge in [-0.3, -0.25) is 0 Å². The Morgan fingerprint density at radius 2 is 0.929 bits per heavy atom. The summed E-state index contributed by atoms with van der Waals surface area (Å²) in [5, 5.41) is 1.78. The standard InChI is InChI=1S/C32H15N8O6S2.Cu.3Na.O3S/c41-47(42,43)15-9-11-21-23(13-15)31-38-29(21)36-27-19-7-3-1-5-17(19)25(34-27)33-26-18-6-2-4-8-20(18)28(35-26)37-30-22-12-10-16(48(44,45)46)14-24(22)32(39-30)40-31;;;;;1-4(2)3/h1,3-14H,(H2-2,33,34,35,36,37,38,39,40,41,42,43,44,45,46);;;;;/q-3;+2;3*+1;/p-2. The minimum Gasteiger partial charge on any atom is -0.744 e. The smallest absolute Gasteiger partial charge is 0.744 e. The third kappa shape index (κ3) is 8.78. The van der Waals surface area contributed by atoms with Gasteiger partial charge in [0, 0.05) is 33.5 Å². The Bertz CT molecular complexity index is 3240. The molecule has 8 bridgehead atoms. The van der Waals surface area contributed by atoms with Gasteiger partial charge >= 0.3 is 116 Å². The maximum Gasteiger partial charge on any atom is 2.00 e. The van der Waals surface area contributed by atoms with Crippen LogP contribution in [0.4, 0.5) is 0 Å². The van der Waals surface area contributed by atoms with Crippen LogP contribution < -0.4 is 98.6 Å². The summed E-state index contributed by atoms with van der Waals surface area (Å²) in [4.78, 5) is 36.4. The van der Waals surface area contributed by atoms with Crippen LogP contribution in [0.3, 0.4) is 0 Å². The largest absolute Gasteiger partial charge is 2.00 e. The van der Waals surface area contributed by atoms with Gasteiger partial charge in [0.1, 0.15) is 20.2 Å². The van der Waals surface area contributed by atoms with Gasteiger partial charge in [0.2, 0.25) is 0 Å². The van der Waals surface area contributed by atoms with Gasteiger partial charge in [-0.05, 0) is 46.3 Å². The van der Waals surface area contributed by atoms with Crippen molar-refractivity contribution in [2.24, 2.45) is 0 Å². The Labute approximate surface area is 394 Å². The number of aromatic nitrogens is 8. The van der Waals surface area contributed by atoms with Gasteiger partial charge in [-0.15, -0.1) is 23.4 Å². The number of rotatable bonds is 2. The molecule has 0 saturated heterocycles. The molecular formula is C32H13CuN8Na3O9S3. The minimum atomic E-state index is -4.87. The third-order valence-corrected chi connectivity index (χ3v) is 9.63. The molecule has 0 N–H and O–H groups in total. The quantitative estimate of drug-likeness (QED) is 0.0888. The Morgan fingerprint density at radius 1 is 0.518 bits per heavy atom. The zero-order valence-corrected chi connectivity index (χ0v) is 38.2. The van der Waals surface area contributed by atoms with Gasteiger partial charge < -0.3 is 39.0 Å². The molecule has 0 saturated carbocycles. The molecule has 5 heterocycles. The van der Waals surface area contributed by atoms with Crippen molar-refractivity contribution in [2.45, 2.75) is 9.79 Å². The van der Waals surface area contributed by atoms with E-state index in [0.29, 0.717) is 44.3 Å². The van der Waals surface area contributed by atoms with Crippen LogP contribution in [-0.2, 0) is 47.9 Å². The number of benzene rings is 4. The Balaban J connectivity index is 0.000000833. The first kappa shape index (κ1) is 45.9. The van der Waals surface area contributed by atoms with E-state index in [0.717, 1.165) is 24.3 Å². The van der Waals surface area contributed by atoms with E-state index in [-0.39, 0.29) is 151 Å². The molecule has 9 rings (SSSR count). The third-order valence-electron chi connectivity index (χ3n) is 7.97. The molecule has 0 amide bonds. The van der Waals surface area contributed by atoms with Gasteiger partial charge in [0.05, 0.1) is 33.1 Å². The summed E-state index contributed by atoms with van der Waals surface area (Å²) in [7, 11) is -12.9. The van der Waals surface area contributed by atoms with Gasteiger partial charge in [0.25, 0.3) is 0 Å². The van der Waals surface area contributed by atoms with Crippen LogP contribution in [0.25, 0.3) is 89.7 Å². The first-order valence-corrected chi connectivity index (χ1v) is 18.3. The Kier molecular flexibility index (Phi) is 14.4. The molecule has 7 aromatic rings. The van der Waals surface area contributed by atoms with Crippen molar-refractivity contribution in [2.75, 3.05) is 0 Å². The van der Waals surface area contributed by atoms with Crippen LogP contribution in [0.5, 0.6) is 0 Å². The fourth-order valence-electron chi connectivity index (χ4n) is 5.77. The summed E-state index contributed by atoms with van der Waals surface area (Å²) in [6.07, 6.45) is 0. The molecule has 2 aliphatic rings. The van der Waals surface area contributed by atoms with Crippen molar-refractivity contribution in [3.05, 3.63) is 84.9 Å². The molecule has 2 aliphatic heterocycles. The molecule has 17 nitrogen and oxygen atoms in total. The maximum atomic E-state index is 12.0. The van der Waals surface area contributed by atoms with Crippen molar-refractivity contribution in [3.8, 4) is 45.6 Å². The fourth-order valence-corrected chi connectivity index (χ4v) is 6.76. The molecule has 3 aromatic heterocycles. The summed E-state index contributed by atoms with van der Waals surface area (Å²) in [5.41, 5.74) is 2.44. The van der Waals surface area contributed by atoms with Crippen LogP contribution in [0, 0.1) is 6.07 Å². The Hall–Kier alpha value is -2.80. The van der Waals surface area contributed by atoms with Crippen LogP contribution in [0.15, 0.2) is 88.7 Å². The first-order valence-electron chi connectivity index (χ1n) is 14.5. The summed E-state index contributed by atoms with van der Waals surface area (Å²) >= 11 is 0. The van der Waals surface area contributed by atoms with E-state index < -0.39 is 40.6 Å². The van der Waals surface area contributed by atoms with Gasteiger partial charge in [-0.25, -0.2) is 26.8 Å². The van der Waals surface area contributed by atoms with E-state index in [9.17, 15) is 25.9 Å². The summed E-state index contributed by atoms with van der Waals surface area (Å²) in [6, 6.07) is 22.9. The monoisotopic (exact) mass is 881 g/mol. The molecule has 0 aliphatic carbocycles. The van der Waals surface area contributed by atoms with Crippen molar-refractivity contribution >= 4 is 75.0 Å². The van der Waals surface area contributed by atoms with E-state index in [2.05, 4.69) is 21.0 Å². The number of hydrogen-bond donors (Lipinski definition) is 0. The first-order chi connectivity index (χ1) is 24.7. The molecule has 4 aromatic carbocycles. The van der Waals surface area contributed by atoms with E-state index in [1.54, 1.807) is 18.2 Å².